The van der Waals surface area contributed by atoms with Crippen LogP contribution in [0.1, 0.15) is 18.9 Å². The summed E-state index contributed by atoms with van der Waals surface area (Å²) < 4.78 is 1.11. The van der Waals surface area contributed by atoms with E-state index in [1.165, 1.54) is 11.6 Å². The number of hydrogen-bond donors (Lipinski definition) is 1. The summed E-state index contributed by atoms with van der Waals surface area (Å²) in [6.07, 6.45) is 3.89. The van der Waals surface area contributed by atoms with E-state index in [2.05, 4.69) is 31.2 Å². The lowest BCUT2D eigenvalue weighted by molar-refractivity contribution is 0.921. The van der Waals surface area contributed by atoms with Gasteiger partial charge < -0.3 is 5.84 Å². The zero-order valence-electron chi connectivity index (χ0n) is 9.89. The molecule has 2 aromatic rings. The van der Waals surface area contributed by atoms with E-state index < -0.39 is 0 Å². The van der Waals surface area contributed by atoms with Crippen molar-refractivity contribution in [1.82, 2.24) is 4.68 Å². The summed E-state index contributed by atoms with van der Waals surface area (Å²) >= 11 is 0. The van der Waals surface area contributed by atoms with Gasteiger partial charge in [0.15, 0.2) is 0 Å². The summed E-state index contributed by atoms with van der Waals surface area (Å²) in [6, 6.07) is 11.6. The number of benzene rings is 1. The van der Waals surface area contributed by atoms with Gasteiger partial charge >= 0.3 is 0 Å². The van der Waals surface area contributed by atoms with Crippen molar-refractivity contribution < 1.29 is 0 Å². The first-order valence-electron chi connectivity index (χ1n) is 5.78. The largest absolute Gasteiger partial charge is 0.336 e. The predicted molar refractivity (Wildman–Crippen MR) is 70.3 cm³/mol. The van der Waals surface area contributed by atoms with Gasteiger partial charge in [-0.25, -0.2) is 4.68 Å². The SMILES string of the molecule is CCCc1ccc(-c2ccc(=O)n(N)c2)cc1. The van der Waals surface area contributed by atoms with Crippen molar-refractivity contribution in [3.63, 3.8) is 0 Å². The fraction of sp³-hybridized carbons (Fsp3) is 0.214. The molecule has 0 amide bonds. The lowest BCUT2D eigenvalue weighted by atomic mass is 10.0. The fourth-order valence-electron chi connectivity index (χ4n) is 1.83. The van der Waals surface area contributed by atoms with Crippen molar-refractivity contribution in [2.75, 3.05) is 5.84 Å². The summed E-state index contributed by atoms with van der Waals surface area (Å²) in [7, 11) is 0. The molecule has 0 radical (unpaired) electrons. The van der Waals surface area contributed by atoms with E-state index in [0.29, 0.717) is 0 Å². The number of nitrogens with zero attached hydrogens (tertiary/aromatic N) is 1. The van der Waals surface area contributed by atoms with Crippen LogP contribution in [0.2, 0.25) is 0 Å². The molecule has 0 spiro atoms. The molecule has 1 aromatic carbocycles. The van der Waals surface area contributed by atoms with Crippen molar-refractivity contribution >= 4 is 0 Å². The first kappa shape index (κ1) is 11.5. The minimum Gasteiger partial charge on any atom is -0.336 e. The van der Waals surface area contributed by atoms with Crippen molar-refractivity contribution in [2.45, 2.75) is 19.8 Å². The molecule has 3 nitrogen and oxygen atoms in total. The van der Waals surface area contributed by atoms with E-state index in [4.69, 9.17) is 5.84 Å². The molecule has 3 heteroatoms. The molecule has 0 aliphatic carbocycles. The maximum Gasteiger partial charge on any atom is 0.268 e. The Hall–Kier alpha value is -2.03. The van der Waals surface area contributed by atoms with E-state index in [0.717, 1.165) is 28.6 Å². The second-order valence-electron chi connectivity index (χ2n) is 4.11. The van der Waals surface area contributed by atoms with E-state index in [1.807, 2.05) is 0 Å². The minimum atomic E-state index is -0.198. The Morgan fingerprint density at radius 3 is 2.29 bits per heavy atom. The van der Waals surface area contributed by atoms with Gasteiger partial charge in [-0.05, 0) is 23.6 Å². The smallest absolute Gasteiger partial charge is 0.268 e. The van der Waals surface area contributed by atoms with Crippen molar-refractivity contribution in [3.8, 4) is 11.1 Å². The van der Waals surface area contributed by atoms with Gasteiger partial charge in [0.2, 0.25) is 0 Å². The van der Waals surface area contributed by atoms with Gasteiger partial charge in [-0.2, -0.15) is 0 Å². The Morgan fingerprint density at radius 1 is 1.06 bits per heavy atom. The third-order valence-electron chi connectivity index (χ3n) is 2.76. The predicted octanol–water partition coefficient (Wildman–Crippen LogP) is 2.18. The highest BCUT2D eigenvalue weighted by Crippen LogP contribution is 2.18. The third kappa shape index (κ3) is 2.56. The summed E-state index contributed by atoms with van der Waals surface area (Å²) in [6.45, 7) is 2.16. The summed E-state index contributed by atoms with van der Waals surface area (Å²) in [5.74, 6) is 5.54. The topological polar surface area (TPSA) is 48.0 Å². The van der Waals surface area contributed by atoms with E-state index in [9.17, 15) is 4.79 Å². The van der Waals surface area contributed by atoms with Crippen LogP contribution in [0.4, 0.5) is 0 Å². The molecule has 0 aliphatic heterocycles. The zero-order valence-corrected chi connectivity index (χ0v) is 9.89. The number of nitrogen functional groups attached to an aromatic ring is 1. The van der Waals surface area contributed by atoms with Gasteiger partial charge in [-0.1, -0.05) is 37.6 Å². The van der Waals surface area contributed by atoms with Crippen LogP contribution in [0.3, 0.4) is 0 Å². The van der Waals surface area contributed by atoms with Crippen molar-refractivity contribution in [3.05, 3.63) is 58.5 Å². The number of hydrogen-bond acceptors (Lipinski definition) is 2. The zero-order chi connectivity index (χ0) is 12.3. The molecule has 0 bridgehead atoms. The molecule has 88 valence electrons. The standard InChI is InChI=1S/C14H16N2O/c1-2-3-11-4-6-12(7-5-11)13-8-9-14(17)16(15)10-13/h4-10H,2-3,15H2,1H3. The molecule has 1 heterocycles. The van der Waals surface area contributed by atoms with E-state index in [1.54, 1.807) is 12.3 Å². The number of pyridine rings is 1. The second kappa shape index (κ2) is 4.87. The lowest BCUT2D eigenvalue weighted by Crippen LogP contribution is -2.25. The number of aromatic nitrogens is 1. The minimum absolute atomic E-state index is 0.198. The Balaban J connectivity index is 2.33. The molecule has 17 heavy (non-hydrogen) atoms. The Bertz CT molecular complexity index is 555. The average Bonchev–Trinajstić information content (AvgIpc) is 2.34. The van der Waals surface area contributed by atoms with Crippen LogP contribution in [0, 0.1) is 0 Å². The maximum atomic E-state index is 11.2. The van der Waals surface area contributed by atoms with Crippen LogP contribution in [-0.2, 0) is 6.42 Å². The number of nitrogens with two attached hydrogens (primary N) is 1. The van der Waals surface area contributed by atoms with E-state index >= 15 is 0 Å². The molecule has 0 aliphatic rings. The average molecular weight is 228 g/mol. The van der Waals surface area contributed by atoms with Crippen molar-refractivity contribution in [1.29, 1.82) is 0 Å². The van der Waals surface area contributed by atoms with Crippen LogP contribution in [0.15, 0.2) is 47.4 Å². The van der Waals surface area contributed by atoms with Gasteiger partial charge in [0, 0.05) is 17.8 Å². The summed E-state index contributed by atoms with van der Waals surface area (Å²) in [5, 5.41) is 0. The first-order valence-corrected chi connectivity index (χ1v) is 5.78. The van der Waals surface area contributed by atoms with Crippen LogP contribution in [0.25, 0.3) is 11.1 Å². The molecule has 2 N–H and O–H groups in total. The van der Waals surface area contributed by atoms with Crippen molar-refractivity contribution in [2.24, 2.45) is 0 Å². The number of rotatable bonds is 3. The molecular formula is C14H16N2O. The van der Waals surface area contributed by atoms with Gasteiger partial charge in [-0.15, -0.1) is 0 Å². The highest BCUT2D eigenvalue weighted by Gasteiger charge is 1.99. The second-order valence-corrected chi connectivity index (χ2v) is 4.11. The molecule has 0 unspecified atom stereocenters. The molecule has 1 aromatic heterocycles. The quantitative estimate of drug-likeness (QED) is 0.818. The Labute approximate surface area is 100 Å². The lowest BCUT2D eigenvalue weighted by Gasteiger charge is -2.05. The Kier molecular flexibility index (Phi) is 3.28. The van der Waals surface area contributed by atoms with Crippen LogP contribution >= 0.6 is 0 Å². The molecule has 0 saturated carbocycles. The summed E-state index contributed by atoms with van der Waals surface area (Å²) in [4.78, 5) is 11.2. The van der Waals surface area contributed by atoms with Gasteiger partial charge in [0.25, 0.3) is 5.56 Å². The summed E-state index contributed by atoms with van der Waals surface area (Å²) in [5.41, 5.74) is 3.16. The third-order valence-corrected chi connectivity index (χ3v) is 2.76. The molecule has 0 saturated heterocycles. The van der Waals surface area contributed by atoms with Crippen LogP contribution in [-0.4, -0.2) is 4.68 Å². The highest BCUT2D eigenvalue weighted by atomic mass is 16.1. The highest BCUT2D eigenvalue weighted by molar-refractivity contribution is 5.62. The fourth-order valence-corrected chi connectivity index (χ4v) is 1.83. The molecule has 2 rings (SSSR count). The monoisotopic (exact) mass is 228 g/mol. The van der Waals surface area contributed by atoms with Gasteiger partial charge in [0.05, 0.1) is 0 Å². The Morgan fingerprint density at radius 2 is 1.71 bits per heavy atom. The van der Waals surface area contributed by atoms with Gasteiger partial charge in [-0.3, -0.25) is 4.79 Å². The van der Waals surface area contributed by atoms with E-state index in [-0.39, 0.29) is 5.56 Å². The van der Waals surface area contributed by atoms with Crippen LogP contribution in [0.5, 0.6) is 0 Å². The molecular weight excluding hydrogens is 212 g/mol. The number of aryl methyl sites for hydroxylation is 1. The van der Waals surface area contributed by atoms with Crippen LogP contribution < -0.4 is 11.4 Å². The van der Waals surface area contributed by atoms with Gasteiger partial charge in [0.1, 0.15) is 0 Å². The first-order chi connectivity index (χ1) is 8.20. The maximum absolute atomic E-state index is 11.2. The molecule has 0 fully saturated rings. The molecule has 0 atom stereocenters. The normalized spacial score (nSPS) is 10.4.